The standard InChI is InChI=1S/C6H11NO2S/c1-3-5-6-7(4-2)10(8)9/h3,5-6H,1,4H2,2H3,(H,8,9)/p-1/b6-5+. The van der Waals surface area contributed by atoms with Gasteiger partial charge in [0, 0.05) is 24.0 Å². The van der Waals surface area contributed by atoms with Gasteiger partial charge in [0.2, 0.25) is 0 Å². The fourth-order valence-corrected chi connectivity index (χ4v) is 0.798. The van der Waals surface area contributed by atoms with E-state index in [4.69, 9.17) is 0 Å². The number of allylic oxidation sites excluding steroid dienone is 2. The van der Waals surface area contributed by atoms with Crippen LogP contribution in [0, 0.1) is 0 Å². The van der Waals surface area contributed by atoms with Crippen molar-refractivity contribution in [3.05, 3.63) is 24.9 Å². The molecule has 0 aromatic carbocycles. The maximum atomic E-state index is 10.3. The molecule has 0 saturated heterocycles. The normalized spacial score (nSPS) is 13.4. The molecular weight excluding hydrogens is 150 g/mol. The molecule has 0 heterocycles. The fraction of sp³-hybridized carbons (Fsp3) is 0.333. The van der Waals surface area contributed by atoms with E-state index in [2.05, 4.69) is 6.58 Å². The molecule has 0 aromatic heterocycles. The zero-order chi connectivity index (χ0) is 7.98. The highest BCUT2D eigenvalue weighted by Crippen LogP contribution is 1.91. The molecule has 0 N–H and O–H groups in total. The molecule has 0 amide bonds. The monoisotopic (exact) mass is 160 g/mol. The maximum absolute atomic E-state index is 10.3. The van der Waals surface area contributed by atoms with Crippen molar-refractivity contribution in [2.24, 2.45) is 0 Å². The van der Waals surface area contributed by atoms with E-state index in [-0.39, 0.29) is 0 Å². The van der Waals surface area contributed by atoms with Gasteiger partial charge in [-0.05, 0) is 13.0 Å². The lowest BCUT2D eigenvalue weighted by molar-refractivity contribution is 0.465. The lowest BCUT2D eigenvalue weighted by Crippen LogP contribution is -2.18. The lowest BCUT2D eigenvalue weighted by Gasteiger charge is -2.19. The molecule has 10 heavy (non-hydrogen) atoms. The SMILES string of the molecule is C=C/C=C/N(CC)S(=O)[O-]. The van der Waals surface area contributed by atoms with Crippen molar-refractivity contribution in [1.29, 1.82) is 0 Å². The van der Waals surface area contributed by atoms with E-state index in [1.807, 2.05) is 0 Å². The first-order valence-electron chi connectivity index (χ1n) is 2.87. The van der Waals surface area contributed by atoms with Gasteiger partial charge in [0.25, 0.3) is 0 Å². The first-order valence-corrected chi connectivity index (χ1v) is 3.90. The Balaban J connectivity index is 3.94. The van der Waals surface area contributed by atoms with E-state index in [1.54, 1.807) is 13.0 Å². The molecule has 0 aromatic rings. The van der Waals surface area contributed by atoms with Crippen LogP contribution in [0.5, 0.6) is 0 Å². The summed E-state index contributed by atoms with van der Waals surface area (Å²) >= 11 is -2.16. The van der Waals surface area contributed by atoms with E-state index in [9.17, 15) is 8.76 Å². The van der Waals surface area contributed by atoms with Gasteiger partial charge >= 0.3 is 0 Å². The van der Waals surface area contributed by atoms with Crippen molar-refractivity contribution in [2.75, 3.05) is 6.54 Å². The smallest absolute Gasteiger partial charge is 0.0469 e. The number of hydrogen-bond donors (Lipinski definition) is 0. The first kappa shape index (κ1) is 9.39. The van der Waals surface area contributed by atoms with Crippen molar-refractivity contribution in [3.8, 4) is 0 Å². The molecule has 3 nitrogen and oxygen atoms in total. The van der Waals surface area contributed by atoms with Crippen LogP contribution in [0.3, 0.4) is 0 Å². The Kier molecular flexibility index (Phi) is 4.88. The van der Waals surface area contributed by atoms with Crippen molar-refractivity contribution in [1.82, 2.24) is 4.31 Å². The minimum Gasteiger partial charge on any atom is -0.755 e. The van der Waals surface area contributed by atoms with Crippen molar-refractivity contribution >= 4 is 11.3 Å². The van der Waals surface area contributed by atoms with Gasteiger partial charge in [0.15, 0.2) is 0 Å². The van der Waals surface area contributed by atoms with E-state index >= 15 is 0 Å². The first-order chi connectivity index (χ1) is 4.72. The topological polar surface area (TPSA) is 43.4 Å². The quantitative estimate of drug-likeness (QED) is 0.451. The van der Waals surface area contributed by atoms with Gasteiger partial charge in [-0.15, -0.1) is 0 Å². The van der Waals surface area contributed by atoms with E-state index in [1.165, 1.54) is 16.6 Å². The van der Waals surface area contributed by atoms with Crippen LogP contribution in [0.15, 0.2) is 24.9 Å². The van der Waals surface area contributed by atoms with Crippen molar-refractivity contribution in [2.45, 2.75) is 6.92 Å². The van der Waals surface area contributed by atoms with Crippen LogP contribution in [0.1, 0.15) is 6.92 Å². The van der Waals surface area contributed by atoms with Crippen LogP contribution in [-0.2, 0) is 11.3 Å². The van der Waals surface area contributed by atoms with E-state index in [0.717, 1.165) is 0 Å². The summed E-state index contributed by atoms with van der Waals surface area (Å²) in [4.78, 5) is 0. The minimum absolute atomic E-state index is 0.445. The lowest BCUT2D eigenvalue weighted by atomic mass is 10.6. The molecule has 1 unspecified atom stereocenters. The molecule has 0 saturated carbocycles. The summed E-state index contributed by atoms with van der Waals surface area (Å²) in [5.41, 5.74) is 0. The highest BCUT2D eigenvalue weighted by atomic mass is 32.2. The molecule has 0 aliphatic rings. The molecule has 0 aliphatic heterocycles. The molecule has 0 rings (SSSR count). The molecule has 0 fully saturated rings. The van der Waals surface area contributed by atoms with Gasteiger partial charge in [0.1, 0.15) is 0 Å². The average molecular weight is 160 g/mol. The van der Waals surface area contributed by atoms with Crippen LogP contribution in [0.25, 0.3) is 0 Å². The summed E-state index contributed by atoms with van der Waals surface area (Å²) < 4.78 is 21.7. The zero-order valence-electron chi connectivity index (χ0n) is 5.82. The van der Waals surface area contributed by atoms with Gasteiger partial charge < -0.3 is 8.86 Å². The van der Waals surface area contributed by atoms with Crippen molar-refractivity contribution < 1.29 is 8.76 Å². The Morgan fingerprint density at radius 3 is 2.70 bits per heavy atom. The van der Waals surface area contributed by atoms with Crippen LogP contribution >= 0.6 is 0 Å². The second kappa shape index (κ2) is 5.20. The van der Waals surface area contributed by atoms with E-state index in [0.29, 0.717) is 6.54 Å². The molecule has 0 radical (unpaired) electrons. The second-order valence-electron chi connectivity index (χ2n) is 1.53. The average Bonchev–Trinajstić information content (AvgIpc) is 1.89. The fourth-order valence-electron chi connectivity index (χ4n) is 0.417. The molecule has 0 spiro atoms. The number of nitrogens with zero attached hydrogens (tertiary/aromatic N) is 1. The third kappa shape index (κ3) is 3.42. The largest absolute Gasteiger partial charge is 0.755 e. The highest BCUT2D eigenvalue weighted by Gasteiger charge is 1.90. The molecule has 0 bridgehead atoms. The van der Waals surface area contributed by atoms with Crippen molar-refractivity contribution in [3.63, 3.8) is 0 Å². The number of rotatable bonds is 4. The zero-order valence-corrected chi connectivity index (χ0v) is 6.63. The number of hydrogen-bond acceptors (Lipinski definition) is 2. The molecule has 4 heteroatoms. The Morgan fingerprint density at radius 2 is 2.40 bits per heavy atom. The van der Waals surface area contributed by atoms with Crippen LogP contribution in [0.2, 0.25) is 0 Å². The maximum Gasteiger partial charge on any atom is 0.0469 e. The third-order valence-electron chi connectivity index (χ3n) is 0.892. The van der Waals surface area contributed by atoms with Gasteiger partial charge in [-0.2, -0.15) is 0 Å². The Bertz CT molecular complexity index is 156. The van der Waals surface area contributed by atoms with Gasteiger partial charge in [-0.3, -0.25) is 4.21 Å². The van der Waals surface area contributed by atoms with Gasteiger partial charge in [-0.1, -0.05) is 12.7 Å². The summed E-state index contributed by atoms with van der Waals surface area (Å²) in [6, 6.07) is 0. The summed E-state index contributed by atoms with van der Waals surface area (Å²) in [7, 11) is 0. The van der Waals surface area contributed by atoms with Crippen LogP contribution < -0.4 is 0 Å². The van der Waals surface area contributed by atoms with Gasteiger partial charge in [0.05, 0.1) is 0 Å². The Morgan fingerprint density at radius 1 is 1.80 bits per heavy atom. The molecule has 1 atom stereocenters. The molecule has 58 valence electrons. The highest BCUT2D eigenvalue weighted by molar-refractivity contribution is 7.76. The predicted molar refractivity (Wildman–Crippen MR) is 40.6 cm³/mol. The van der Waals surface area contributed by atoms with Crippen LogP contribution in [-0.4, -0.2) is 19.6 Å². The summed E-state index contributed by atoms with van der Waals surface area (Å²) in [6.07, 6.45) is 4.55. The minimum atomic E-state index is -2.16. The summed E-state index contributed by atoms with van der Waals surface area (Å²) in [5.74, 6) is 0. The second-order valence-corrected chi connectivity index (χ2v) is 2.43. The van der Waals surface area contributed by atoms with Gasteiger partial charge in [-0.25, -0.2) is 0 Å². The summed E-state index contributed by atoms with van der Waals surface area (Å²) in [5, 5.41) is 0. The molecular formula is C6H10NO2S-. The Labute approximate surface area is 63.5 Å². The Hall–Kier alpha value is -0.610. The molecule has 0 aliphatic carbocycles. The third-order valence-corrected chi connectivity index (χ3v) is 1.65. The van der Waals surface area contributed by atoms with Crippen LogP contribution in [0.4, 0.5) is 0 Å². The summed E-state index contributed by atoms with van der Waals surface area (Å²) in [6.45, 7) is 5.61. The predicted octanol–water partition coefficient (Wildman–Crippen LogP) is 0.802. The van der Waals surface area contributed by atoms with E-state index < -0.39 is 11.3 Å².